The number of para-hydroxylation sites is 1. The summed E-state index contributed by atoms with van der Waals surface area (Å²) in [5.74, 6) is 1.52. The van der Waals surface area contributed by atoms with Gasteiger partial charge in [0.05, 0.1) is 5.52 Å². The highest BCUT2D eigenvalue weighted by Crippen LogP contribution is 2.13. The number of benzene rings is 1. The number of fused-ring (bicyclic) bond motifs is 1. The zero-order valence-corrected chi connectivity index (χ0v) is 9.82. The van der Waals surface area contributed by atoms with Gasteiger partial charge in [-0.3, -0.25) is 4.57 Å². The van der Waals surface area contributed by atoms with Gasteiger partial charge in [0.15, 0.2) is 0 Å². The summed E-state index contributed by atoms with van der Waals surface area (Å²) >= 11 is 0. The van der Waals surface area contributed by atoms with Gasteiger partial charge in [0.1, 0.15) is 5.82 Å². The van der Waals surface area contributed by atoms with Crippen LogP contribution in [0.1, 0.15) is 5.82 Å². The second-order valence-electron chi connectivity index (χ2n) is 3.98. The molecule has 18 heavy (non-hydrogen) atoms. The highest BCUT2D eigenvalue weighted by molar-refractivity contribution is 5.77. The van der Waals surface area contributed by atoms with Crippen LogP contribution in [0.3, 0.4) is 0 Å². The molecule has 5 nitrogen and oxygen atoms in total. The third-order valence-electron chi connectivity index (χ3n) is 2.78. The van der Waals surface area contributed by atoms with E-state index in [1.807, 2.05) is 41.2 Å². The molecule has 0 amide bonds. The van der Waals surface area contributed by atoms with Crippen molar-refractivity contribution in [1.82, 2.24) is 19.5 Å². The van der Waals surface area contributed by atoms with Crippen LogP contribution in [0.15, 0.2) is 42.9 Å². The third kappa shape index (κ3) is 1.84. The van der Waals surface area contributed by atoms with E-state index in [0.717, 1.165) is 16.7 Å². The first-order chi connectivity index (χ1) is 8.88. The van der Waals surface area contributed by atoms with Crippen molar-refractivity contribution in [2.24, 2.45) is 5.73 Å². The van der Waals surface area contributed by atoms with Crippen molar-refractivity contribution in [3.05, 3.63) is 48.7 Å². The summed E-state index contributed by atoms with van der Waals surface area (Å²) in [5.41, 5.74) is 6.49. The van der Waals surface area contributed by atoms with Gasteiger partial charge >= 0.3 is 0 Å². The van der Waals surface area contributed by atoms with Crippen molar-refractivity contribution in [3.8, 4) is 5.95 Å². The molecule has 3 rings (SSSR count). The predicted molar refractivity (Wildman–Crippen MR) is 69.4 cm³/mol. The van der Waals surface area contributed by atoms with Gasteiger partial charge in [0.2, 0.25) is 5.95 Å². The van der Waals surface area contributed by atoms with Gasteiger partial charge in [0, 0.05) is 30.4 Å². The fraction of sp³-hybridized carbons (Fsp3) is 0.154. The average Bonchev–Trinajstić information content (AvgIpc) is 2.87. The Kier molecular flexibility index (Phi) is 2.74. The molecule has 90 valence electrons. The summed E-state index contributed by atoms with van der Waals surface area (Å²) in [5, 5.41) is 1.03. The summed E-state index contributed by atoms with van der Waals surface area (Å²) in [7, 11) is 0. The number of aromatic nitrogens is 4. The highest BCUT2D eigenvalue weighted by atomic mass is 15.2. The molecule has 0 radical (unpaired) electrons. The smallest absolute Gasteiger partial charge is 0.235 e. The van der Waals surface area contributed by atoms with Crippen LogP contribution in [0.2, 0.25) is 0 Å². The van der Waals surface area contributed by atoms with Crippen molar-refractivity contribution < 1.29 is 0 Å². The molecule has 1 aromatic carbocycles. The molecule has 0 bridgehead atoms. The minimum Gasteiger partial charge on any atom is -0.330 e. The Balaban J connectivity index is 2.10. The lowest BCUT2D eigenvalue weighted by molar-refractivity contribution is 0.807. The van der Waals surface area contributed by atoms with E-state index in [0.29, 0.717) is 18.9 Å². The van der Waals surface area contributed by atoms with Gasteiger partial charge in [-0.05, 0) is 12.6 Å². The van der Waals surface area contributed by atoms with E-state index in [4.69, 9.17) is 5.73 Å². The van der Waals surface area contributed by atoms with Crippen LogP contribution in [0.4, 0.5) is 0 Å². The molecule has 3 aromatic rings. The quantitative estimate of drug-likeness (QED) is 0.748. The maximum absolute atomic E-state index is 5.56. The Bertz CT molecular complexity index is 674. The SMILES string of the molecule is NCCc1nccn1-c1ncc2ccccc2n1. The Morgan fingerprint density at radius 3 is 2.94 bits per heavy atom. The summed E-state index contributed by atoms with van der Waals surface area (Å²) in [6.45, 7) is 0.560. The first kappa shape index (κ1) is 10.9. The fourth-order valence-corrected chi connectivity index (χ4v) is 1.91. The van der Waals surface area contributed by atoms with Crippen LogP contribution >= 0.6 is 0 Å². The van der Waals surface area contributed by atoms with Crippen LogP contribution in [-0.4, -0.2) is 26.1 Å². The van der Waals surface area contributed by atoms with E-state index in [1.54, 1.807) is 6.20 Å². The highest BCUT2D eigenvalue weighted by Gasteiger charge is 2.07. The summed E-state index contributed by atoms with van der Waals surface area (Å²) in [6.07, 6.45) is 6.13. The minimum absolute atomic E-state index is 0.560. The van der Waals surface area contributed by atoms with Crippen LogP contribution in [0.5, 0.6) is 0 Å². The van der Waals surface area contributed by atoms with E-state index in [1.165, 1.54) is 0 Å². The van der Waals surface area contributed by atoms with Crippen molar-refractivity contribution in [1.29, 1.82) is 0 Å². The molecule has 0 aliphatic heterocycles. The number of imidazole rings is 1. The van der Waals surface area contributed by atoms with Crippen molar-refractivity contribution >= 4 is 10.9 Å². The standard InChI is InChI=1S/C13H13N5/c14-6-5-12-15-7-8-18(12)13-16-9-10-3-1-2-4-11(10)17-13/h1-4,7-9H,5-6,14H2. The zero-order chi connectivity index (χ0) is 12.4. The second-order valence-corrected chi connectivity index (χ2v) is 3.98. The van der Waals surface area contributed by atoms with Gasteiger partial charge in [-0.15, -0.1) is 0 Å². The first-order valence-electron chi connectivity index (χ1n) is 5.83. The number of rotatable bonds is 3. The van der Waals surface area contributed by atoms with E-state index >= 15 is 0 Å². The maximum Gasteiger partial charge on any atom is 0.235 e. The van der Waals surface area contributed by atoms with Crippen LogP contribution < -0.4 is 5.73 Å². The van der Waals surface area contributed by atoms with E-state index in [9.17, 15) is 0 Å². The normalized spacial score (nSPS) is 10.9. The molecule has 0 saturated heterocycles. The van der Waals surface area contributed by atoms with E-state index in [-0.39, 0.29) is 0 Å². The Hall–Kier alpha value is -2.27. The monoisotopic (exact) mass is 239 g/mol. The van der Waals surface area contributed by atoms with Crippen LogP contribution in [-0.2, 0) is 6.42 Å². The predicted octanol–water partition coefficient (Wildman–Crippen LogP) is 1.32. The minimum atomic E-state index is 0.560. The van der Waals surface area contributed by atoms with Crippen molar-refractivity contribution in [2.75, 3.05) is 6.54 Å². The number of hydrogen-bond donors (Lipinski definition) is 1. The van der Waals surface area contributed by atoms with Gasteiger partial charge in [-0.25, -0.2) is 15.0 Å². The molecule has 0 aliphatic carbocycles. The van der Waals surface area contributed by atoms with Crippen molar-refractivity contribution in [3.63, 3.8) is 0 Å². The molecule has 2 aromatic heterocycles. The lowest BCUT2D eigenvalue weighted by Crippen LogP contribution is -2.10. The Labute approximate surface area is 104 Å². The summed E-state index contributed by atoms with van der Waals surface area (Å²) in [4.78, 5) is 13.2. The van der Waals surface area contributed by atoms with Crippen molar-refractivity contribution in [2.45, 2.75) is 6.42 Å². The van der Waals surface area contributed by atoms with Gasteiger partial charge in [0.25, 0.3) is 0 Å². The molecular formula is C13H13N5. The largest absolute Gasteiger partial charge is 0.330 e. The first-order valence-corrected chi connectivity index (χ1v) is 5.83. The van der Waals surface area contributed by atoms with Crippen LogP contribution in [0.25, 0.3) is 16.9 Å². The molecular weight excluding hydrogens is 226 g/mol. The van der Waals surface area contributed by atoms with Gasteiger partial charge in [-0.1, -0.05) is 18.2 Å². The molecule has 0 fully saturated rings. The zero-order valence-electron chi connectivity index (χ0n) is 9.82. The van der Waals surface area contributed by atoms with Gasteiger partial charge < -0.3 is 5.73 Å². The average molecular weight is 239 g/mol. The lowest BCUT2D eigenvalue weighted by Gasteiger charge is -2.05. The molecule has 0 spiro atoms. The van der Waals surface area contributed by atoms with Gasteiger partial charge in [-0.2, -0.15) is 0 Å². The van der Waals surface area contributed by atoms with E-state index in [2.05, 4.69) is 15.0 Å². The Morgan fingerprint density at radius 2 is 2.06 bits per heavy atom. The topological polar surface area (TPSA) is 69.6 Å². The molecule has 5 heteroatoms. The fourth-order valence-electron chi connectivity index (χ4n) is 1.91. The molecule has 0 unspecified atom stereocenters. The lowest BCUT2D eigenvalue weighted by atomic mass is 10.2. The molecule has 2 heterocycles. The number of nitrogens with two attached hydrogens (primary N) is 1. The number of nitrogens with zero attached hydrogens (tertiary/aromatic N) is 4. The Morgan fingerprint density at radius 1 is 1.17 bits per heavy atom. The molecule has 0 atom stereocenters. The summed E-state index contributed by atoms with van der Waals surface area (Å²) < 4.78 is 1.87. The second kappa shape index (κ2) is 4.54. The van der Waals surface area contributed by atoms with Crippen LogP contribution in [0, 0.1) is 0 Å². The molecule has 0 saturated carbocycles. The number of hydrogen-bond acceptors (Lipinski definition) is 4. The third-order valence-corrected chi connectivity index (χ3v) is 2.78. The molecule has 2 N–H and O–H groups in total. The van der Waals surface area contributed by atoms with E-state index < -0.39 is 0 Å². The summed E-state index contributed by atoms with van der Waals surface area (Å²) in [6, 6.07) is 7.91. The maximum atomic E-state index is 5.56. The molecule has 0 aliphatic rings.